The zero-order valence-corrected chi connectivity index (χ0v) is 16.9. The third-order valence-corrected chi connectivity index (χ3v) is 4.98. The molecule has 4 rings (SSSR count). The van der Waals surface area contributed by atoms with Gasteiger partial charge in [0, 0.05) is 24.2 Å². The van der Waals surface area contributed by atoms with Crippen molar-refractivity contribution in [1.29, 1.82) is 0 Å². The number of benzene rings is 2. The van der Waals surface area contributed by atoms with Crippen LogP contribution in [0.1, 0.15) is 22.6 Å². The van der Waals surface area contributed by atoms with Gasteiger partial charge in [-0.2, -0.15) is 15.0 Å². The topological polar surface area (TPSA) is 122 Å². The molecule has 0 saturated carbocycles. The van der Waals surface area contributed by atoms with E-state index < -0.39 is 7.12 Å². The Bertz CT molecular complexity index is 1210. The number of nitrogens with zero attached hydrogens (tertiary/aromatic N) is 4. The molecule has 5 N–H and O–H groups in total. The van der Waals surface area contributed by atoms with Gasteiger partial charge in [0.05, 0.1) is 5.52 Å². The van der Waals surface area contributed by atoms with Crippen LogP contribution in [0.15, 0.2) is 48.5 Å². The molecule has 0 saturated heterocycles. The van der Waals surface area contributed by atoms with Gasteiger partial charge in [-0.3, -0.25) is 4.57 Å². The molecule has 0 radical (unpaired) electrons. The molecule has 0 spiro atoms. The molecular formula is C21H23BN6O2. The van der Waals surface area contributed by atoms with E-state index in [0.717, 1.165) is 27.7 Å². The summed E-state index contributed by atoms with van der Waals surface area (Å²) in [6, 6.07) is 15.2. The molecule has 0 aliphatic rings. The number of aryl methyl sites for hydroxylation is 2. The summed E-state index contributed by atoms with van der Waals surface area (Å²) in [5, 5.41) is 23.0. The number of nitrogens with two attached hydrogens (primary N) is 1. The van der Waals surface area contributed by atoms with Crippen molar-refractivity contribution in [2.24, 2.45) is 5.73 Å². The van der Waals surface area contributed by atoms with E-state index in [2.05, 4.69) is 26.3 Å². The molecule has 152 valence electrons. The van der Waals surface area contributed by atoms with Gasteiger partial charge in [0.2, 0.25) is 11.9 Å². The van der Waals surface area contributed by atoms with E-state index in [4.69, 9.17) is 5.73 Å². The molecule has 0 aliphatic heterocycles. The Kier molecular flexibility index (Phi) is 5.49. The largest absolute Gasteiger partial charge is 0.488 e. The summed E-state index contributed by atoms with van der Waals surface area (Å²) in [7, 11) is -1.50. The van der Waals surface area contributed by atoms with Crippen LogP contribution in [0.3, 0.4) is 0 Å². The van der Waals surface area contributed by atoms with Crippen molar-refractivity contribution in [2.45, 2.75) is 26.9 Å². The second-order valence-corrected chi connectivity index (χ2v) is 7.15. The Labute approximate surface area is 174 Å². The lowest BCUT2D eigenvalue weighted by molar-refractivity contribution is 0.425. The molecule has 30 heavy (non-hydrogen) atoms. The highest BCUT2D eigenvalue weighted by Crippen LogP contribution is 2.25. The first-order valence-electron chi connectivity index (χ1n) is 9.68. The van der Waals surface area contributed by atoms with Crippen molar-refractivity contribution in [2.75, 3.05) is 5.32 Å². The van der Waals surface area contributed by atoms with Crippen molar-refractivity contribution in [1.82, 2.24) is 19.5 Å². The first-order chi connectivity index (χ1) is 14.5. The maximum atomic E-state index is 9.35. The summed E-state index contributed by atoms with van der Waals surface area (Å²) in [6.07, 6.45) is 0. The zero-order chi connectivity index (χ0) is 21.3. The van der Waals surface area contributed by atoms with E-state index in [0.29, 0.717) is 36.3 Å². The molecule has 8 nitrogen and oxygen atoms in total. The first-order valence-corrected chi connectivity index (χ1v) is 9.68. The highest BCUT2D eigenvalue weighted by atomic mass is 16.4. The molecule has 0 aliphatic carbocycles. The molecule has 2 aromatic heterocycles. The monoisotopic (exact) mass is 402 g/mol. The van der Waals surface area contributed by atoms with Crippen molar-refractivity contribution in [3.63, 3.8) is 0 Å². The van der Waals surface area contributed by atoms with Crippen LogP contribution in [-0.2, 0) is 13.1 Å². The van der Waals surface area contributed by atoms with Crippen LogP contribution in [0.4, 0.5) is 5.95 Å². The third-order valence-electron chi connectivity index (χ3n) is 4.98. The van der Waals surface area contributed by atoms with Gasteiger partial charge < -0.3 is 21.1 Å². The Morgan fingerprint density at radius 1 is 1.03 bits per heavy atom. The number of hydrogen-bond acceptors (Lipinski definition) is 7. The van der Waals surface area contributed by atoms with Gasteiger partial charge in [0.25, 0.3) is 0 Å². The van der Waals surface area contributed by atoms with Gasteiger partial charge in [-0.05, 0) is 42.6 Å². The minimum atomic E-state index is -1.50. The first kappa shape index (κ1) is 20.0. The highest BCUT2D eigenvalue weighted by molar-refractivity contribution is 6.58. The van der Waals surface area contributed by atoms with Gasteiger partial charge in [0.15, 0.2) is 0 Å². The highest BCUT2D eigenvalue weighted by Gasteiger charge is 2.14. The molecule has 0 fully saturated rings. The third kappa shape index (κ3) is 3.91. The smallest absolute Gasteiger partial charge is 0.423 e. The fourth-order valence-corrected chi connectivity index (χ4v) is 3.56. The van der Waals surface area contributed by atoms with Crippen molar-refractivity contribution in [3.05, 3.63) is 71.2 Å². The van der Waals surface area contributed by atoms with Crippen LogP contribution in [0.5, 0.6) is 0 Å². The Morgan fingerprint density at radius 2 is 1.83 bits per heavy atom. The quantitative estimate of drug-likeness (QED) is 0.357. The second-order valence-electron chi connectivity index (χ2n) is 7.15. The zero-order valence-electron chi connectivity index (χ0n) is 16.9. The maximum absolute atomic E-state index is 9.35. The molecule has 0 amide bonds. The van der Waals surface area contributed by atoms with Gasteiger partial charge in [-0.25, -0.2) is 0 Å². The number of hydrogen-bond donors (Lipinski definition) is 4. The number of fused-ring (bicyclic) bond motifs is 1. The minimum absolute atomic E-state index is 0.437. The lowest BCUT2D eigenvalue weighted by Gasteiger charge is -2.11. The summed E-state index contributed by atoms with van der Waals surface area (Å²) in [4.78, 5) is 13.5. The number of aromatic nitrogens is 4. The van der Waals surface area contributed by atoms with E-state index in [1.54, 1.807) is 18.2 Å². The average molecular weight is 402 g/mol. The standard InChI is InChI=1S/C21H23BN6O2/c1-13-9-18-16(11-23)6-4-8-19(18)28(13)21-26-14(2)25-20(27-21)24-12-15-5-3-7-17(10-15)22(29)30/h3-10,29-30H,11-12,23H2,1-2H3,(H,24,25,26,27). The predicted octanol–water partition coefficient (Wildman–Crippen LogP) is 1.18. The van der Waals surface area contributed by atoms with Gasteiger partial charge in [-0.15, -0.1) is 0 Å². The van der Waals surface area contributed by atoms with E-state index >= 15 is 0 Å². The Balaban J connectivity index is 1.67. The van der Waals surface area contributed by atoms with Gasteiger partial charge in [0.1, 0.15) is 5.82 Å². The summed E-state index contributed by atoms with van der Waals surface area (Å²) in [5.74, 6) is 1.58. The molecule has 0 unspecified atom stereocenters. The van der Waals surface area contributed by atoms with Crippen LogP contribution >= 0.6 is 0 Å². The molecule has 2 heterocycles. The Hall–Kier alpha value is -3.27. The maximum Gasteiger partial charge on any atom is 0.488 e. The van der Waals surface area contributed by atoms with E-state index in [1.165, 1.54) is 0 Å². The van der Waals surface area contributed by atoms with Crippen molar-refractivity contribution < 1.29 is 10.0 Å². The molecular weight excluding hydrogens is 379 g/mol. The lowest BCUT2D eigenvalue weighted by Crippen LogP contribution is -2.30. The van der Waals surface area contributed by atoms with Crippen molar-refractivity contribution in [3.8, 4) is 5.95 Å². The molecule has 0 bridgehead atoms. The fraction of sp³-hybridized carbons (Fsp3) is 0.190. The van der Waals surface area contributed by atoms with E-state index in [1.807, 2.05) is 42.7 Å². The van der Waals surface area contributed by atoms with Gasteiger partial charge in [-0.1, -0.05) is 36.4 Å². The van der Waals surface area contributed by atoms with Crippen LogP contribution in [-0.4, -0.2) is 36.7 Å². The SMILES string of the molecule is Cc1nc(NCc2cccc(B(O)O)c2)nc(-n2c(C)cc3c(CN)cccc32)n1. The van der Waals surface area contributed by atoms with Gasteiger partial charge >= 0.3 is 7.12 Å². The summed E-state index contributed by atoms with van der Waals surface area (Å²) >= 11 is 0. The number of rotatable bonds is 6. The molecule has 0 atom stereocenters. The predicted molar refractivity (Wildman–Crippen MR) is 118 cm³/mol. The molecule has 2 aromatic carbocycles. The molecule has 9 heteroatoms. The molecule has 4 aromatic rings. The van der Waals surface area contributed by atoms with Crippen LogP contribution in [0.2, 0.25) is 0 Å². The average Bonchev–Trinajstić information content (AvgIpc) is 3.08. The van der Waals surface area contributed by atoms with E-state index in [9.17, 15) is 10.0 Å². The Morgan fingerprint density at radius 3 is 2.60 bits per heavy atom. The number of anilines is 1. The summed E-state index contributed by atoms with van der Waals surface area (Å²) < 4.78 is 2.00. The fourth-order valence-electron chi connectivity index (χ4n) is 3.56. The minimum Gasteiger partial charge on any atom is -0.423 e. The normalized spacial score (nSPS) is 11.1. The lowest BCUT2D eigenvalue weighted by atomic mass is 9.80. The summed E-state index contributed by atoms with van der Waals surface area (Å²) in [5.41, 5.74) is 10.3. The van der Waals surface area contributed by atoms with Crippen LogP contribution in [0, 0.1) is 13.8 Å². The summed E-state index contributed by atoms with van der Waals surface area (Å²) in [6.45, 7) is 4.74. The van der Waals surface area contributed by atoms with Crippen LogP contribution in [0.25, 0.3) is 16.9 Å². The van der Waals surface area contributed by atoms with Crippen molar-refractivity contribution >= 4 is 29.4 Å². The van der Waals surface area contributed by atoms with E-state index in [-0.39, 0.29) is 0 Å². The van der Waals surface area contributed by atoms with Crippen LogP contribution < -0.4 is 16.5 Å². The second kappa shape index (κ2) is 8.23. The number of nitrogens with one attached hydrogen (secondary N) is 1.